The van der Waals surface area contributed by atoms with Crippen LogP contribution in [-0.4, -0.2) is 17.6 Å². The maximum atomic E-state index is 12.1. The molecule has 1 atom stereocenters. The van der Waals surface area contributed by atoms with Crippen LogP contribution in [0.4, 0.5) is 4.79 Å². The minimum absolute atomic E-state index is 0.0588. The molecule has 1 heterocycles. The molecule has 5 nitrogen and oxygen atoms in total. The monoisotopic (exact) mass is 313 g/mol. The Morgan fingerprint density at radius 3 is 2.78 bits per heavy atom. The Morgan fingerprint density at radius 1 is 1.26 bits per heavy atom. The summed E-state index contributed by atoms with van der Waals surface area (Å²) in [4.78, 5) is 16.3. The van der Waals surface area contributed by atoms with E-state index < -0.39 is 0 Å². The zero-order valence-corrected chi connectivity index (χ0v) is 13.8. The number of carbonyl (C=O) groups excluding carboxylic acids is 1. The number of carbonyl (C=O) groups is 1. The molecule has 0 aliphatic rings. The molecule has 5 heteroatoms. The molecule has 0 fully saturated rings. The van der Waals surface area contributed by atoms with E-state index in [1.807, 2.05) is 57.2 Å². The number of rotatable bonds is 6. The summed E-state index contributed by atoms with van der Waals surface area (Å²) in [5.41, 5.74) is 3.12. The summed E-state index contributed by atoms with van der Waals surface area (Å²) in [5.74, 6) is 0.558. The molecule has 0 spiro atoms. The fourth-order valence-corrected chi connectivity index (χ4v) is 2.40. The van der Waals surface area contributed by atoms with Crippen molar-refractivity contribution >= 4 is 6.03 Å². The zero-order valence-electron chi connectivity index (χ0n) is 13.8. The van der Waals surface area contributed by atoms with Gasteiger partial charge in [-0.15, -0.1) is 0 Å². The van der Waals surface area contributed by atoms with Crippen LogP contribution in [0.2, 0.25) is 0 Å². The number of amides is 2. The van der Waals surface area contributed by atoms with Gasteiger partial charge in [-0.2, -0.15) is 0 Å². The van der Waals surface area contributed by atoms with E-state index >= 15 is 0 Å². The molecule has 122 valence electrons. The first kappa shape index (κ1) is 16.8. The van der Waals surface area contributed by atoms with E-state index in [9.17, 15) is 4.79 Å². The van der Waals surface area contributed by atoms with E-state index in [-0.39, 0.29) is 12.1 Å². The summed E-state index contributed by atoms with van der Waals surface area (Å²) in [6, 6.07) is 11.5. The van der Waals surface area contributed by atoms with Crippen LogP contribution in [0.25, 0.3) is 0 Å². The molecule has 0 bridgehead atoms. The Labute approximate surface area is 137 Å². The van der Waals surface area contributed by atoms with E-state index in [0.717, 1.165) is 16.7 Å². The highest BCUT2D eigenvalue weighted by molar-refractivity contribution is 5.74. The van der Waals surface area contributed by atoms with Crippen LogP contribution in [-0.2, 0) is 6.54 Å². The van der Waals surface area contributed by atoms with Crippen LogP contribution in [0.15, 0.2) is 42.6 Å². The van der Waals surface area contributed by atoms with Gasteiger partial charge in [0.25, 0.3) is 0 Å². The zero-order chi connectivity index (χ0) is 16.7. The molecule has 2 rings (SSSR count). The standard InChI is InChI=1S/C18H23N3O2/c1-4-23-17-15(9-7-11-19-17)12-20-18(22)21-14(3)16-10-6-5-8-13(16)2/h5-11,14H,4,12H2,1-3H3,(H2,20,21,22). The predicted octanol–water partition coefficient (Wildman–Crippen LogP) is 3.35. The molecule has 23 heavy (non-hydrogen) atoms. The van der Waals surface area contributed by atoms with Crippen molar-refractivity contribution in [3.05, 3.63) is 59.3 Å². The summed E-state index contributed by atoms with van der Waals surface area (Å²) in [5, 5.41) is 5.80. The van der Waals surface area contributed by atoms with Gasteiger partial charge in [0.1, 0.15) is 0 Å². The van der Waals surface area contributed by atoms with Crippen molar-refractivity contribution in [2.75, 3.05) is 6.61 Å². The predicted molar refractivity (Wildman–Crippen MR) is 90.4 cm³/mol. The number of nitrogens with one attached hydrogen (secondary N) is 2. The third-order valence-electron chi connectivity index (χ3n) is 3.57. The highest BCUT2D eigenvalue weighted by atomic mass is 16.5. The number of aromatic nitrogens is 1. The molecule has 0 saturated carbocycles. The number of hydrogen-bond donors (Lipinski definition) is 2. The van der Waals surface area contributed by atoms with Gasteiger partial charge in [0.05, 0.1) is 12.6 Å². The van der Waals surface area contributed by atoms with Gasteiger partial charge < -0.3 is 15.4 Å². The van der Waals surface area contributed by atoms with Crippen LogP contribution in [0, 0.1) is 6.92 Å². The number of urea groups is 1. The van der Waals surface area contributed by atoms with Crippen LogP contribution >= 0.6 is 0 Å². The van der Waals surface area contributed by atoms with E-state index in [1.54, 1.807) is 6.20 Å². The lowest BCUT2D eigenvalue weighted by molar-refractivity contribution is 0.237. The van der Waals surface area contributed by atoms with E-state index in [4.69, 9.17) is 4.74 Å². The van der Waals surface area contributed by atoms with E-state index in [1.165, 1.54) is 0 Å². The second kappa shape index (κ2) is 8.17. The van der Waals surface area contributed by atoms with Crippen molar-refractivity contribution in [2.45, 2.75) is 33.4 Å². The summed E-state index contributed by atoms with van der Waals surface area (Å²) in [7, 11) is 0. The Hall–Kier alpha value is -2.56. The Kier molecular flexibility index (Phi) is 5.97. The molecule has 2 N–H and O–H groups in total. The minimum atomic E-state index is -0.216. The van der Waals surface area contributed by atoms with Crippen molar-refractivity contribution in [3.63, 3.8) is 0 Å². The largest absolute Gasteiger partial charge is 0.478 e. The van der Waals surface area contributed by atoms with Crippen LogP contribution in [0.3, 0.4) is 0 Å². The first-order chi connectivity index (χ1) is 11.1. The van der Waals surface area contributed by atoms with Crippen molar-refractivity contribution < 1.29 is 9.53 Å². The van der Waals surface area contributed by atoms with Gasteiger partial charge in [-0.3, -0.25) is 0 Å². The first-order valence-electron chi connectivity index (χ1n) is 7.78. The summed E-state index contributed by atoms with van der Waals surface area (Å²) < 4.78 is 5.45. The van der Waals surface area contributed by atoms with Crippen LogP contribution < -0.4 is 15.4 Å². The maximum absolute atomic E-state index is 12.1. The van der Waals surface area contributed by atoms with Gasteiger partial charge in [-0.1, -0.05) is 30.3 Å². The molecule has 0 aliphatic heterocycles. The summed E-state index contributed by atoms with van der Waals surface area (Å²) in [6.45, 7) is 6.82. The lowest BCUT2D eigenvalue weighted by atomic mass is 10.0. The van der Waals surface area contributed by atoms with Crippen LogP contribution in [0.1, 0.15) is 36.6 Å². The molecule has 1 aromatic carbocycles. The third kappa shape index (κ3) is 4.71. The minimum Gasteiger partial charge on any atom is -0.478 e. The second-order valence-electron chi connectivity index (χ2n) is 5.31. The fourth-order valence-electron chi connectivity index (χ4n) is 2.40. The summed E-state index contributed by atoms with van der Waals surface area (Å²) >= 11 is 0. The molecule has 0 saturated heterocycles. The molecular formula is C18H23N3O2. The molecule has 1 unspecified atom stereocenters. The lowest BCUT2D eigenvalue weighted by Crippen LogP contribution is -2.36. The Balaban J connectivity index is 1.92. The molecular weight excluding hydrogens is 290 g/mol. The van der Waals surface area contributed by atoms with Crippen molar-refractivity contribution in [3.8, 4) is 5.88 Å². The normalized spacial score (nSPS) is 11.6. The fraction of sp³-hybridized carbons (Fsp3) is 0.333. The SMILES string of the molecule is CCOc1ncccc1CNC(=O)NC(C)c1ccccc1C. The lowest BCUT2D eigenvalue weighted by Gasteiger charge is -2.17. The molecule has 2 aromatic rings. The van der Waals surface area contributed by atoms with Gasteiger partial charge >= 0.3 is 6.03 Å². The summed E-state index contributed by atoms with van der Waals surface area (Å²) in [6.07, 6.45) is 1.68. The Bertz CT molecular complexity index is 658. The number of aryl methyl sites for hydroxylation is 1. The average Bonchev–Trinajstić information content (AvgIpc) is 2.54. The van der Waals surface area contributed by atoms with Gasteiger partial charge in [0.2, 0.25) is 5.88 Å². The van der Waals surface area contributed by atoms with Gasteiger partial charge in [-0.25, -0.2) is 9.78 Å². The molecule has 0 aliphatic carbocycles. The molecule has 0 radical (unpaired) electrons. The van der Waals surface area contributed by atoms with Crippen molar-refractivity contribution in [1.82, 2.24) is 15.6 Å². The van der Waals surface area contributed by atoms with Crippen molar-refractivity contribution in [1.29, 1.82) is 0 Å². The second-order valence-corrected chi connectivity index (χ2v) is 5.31. The van der Waals surface area contributed by atoms with Gasteiger partial charge in [-0.05, 0) is 38.0 Å². The van der Waals surface area contributed by atoms with Crippen molar-refractivity contribution in [2.24, 2.45) is 0 Å². The van der Waals surface area contributed by atoms with Crippen LogP contribution in [0.5, 0.6) is 5.88 Å². The first-order valence-corrected chi connectivity index (χ1v) is 7.78. The molecule has 1 aromatic heterocycles. The maximum Gasteiger partial charge on any atom is 0.315 e. The average molecular weight is 313 g/mol. The highest BCUT2D eigenvalue weighted by Gasteiger charge is 2.12. The highest BCUT2D eigenvalue weighted by Crippen LogP contribution is 2.17. The third-order valence-corrected chi connectivity index (χ3v) is 3.57. The van der Waals surface area contributed by atoms with E-state index in [2.05, 4.69) is 15.6 Å². The number of ether oxygens (including phenoxy) is 1. The number of hydrogen-bond acceptors (Lipinski definition) is 3. The molecule has 2 amide bonds. The number of benzene rings is 1. The topological polar surface area (TPSA) is 63.2 Å². The van der Waals surface area contributed by atoms with Gasteiger partial charge in [0.15, 0.2) is 0 Å². The Morgan fingerprint density at radius 2 is 2.04 bits per heavy atom. The van der Waals surface area contributed by atoms with E-state index in [0.29, 0.717) is 19.0 Å². The number of pyridine rings is 1. The quantitative estimate of drug-likeness (QED) is 0.859. The smallest absolute Gasteiger partial charge is 0.315 e. The number of nitrogens with zero attached hydrogens (tertiary/aromatic N) is 1. The van der Waals surface area contributed by atoms with Gasteiger partial charge in [0, 0.05) is 18.3 Å².